The number of halogens is 2. The average Bonchev–Trinajstić information content (AvgIpc) is 1.59. The average molecular weight is 364 g/mol. The minimum atomic E-state index is -3.92. The van der Waals surface area contributed by atoms with Crippen LogP contribution in [0.4, 0.5) is 0 Å². The van der Waals surface area contributed by atoms with Crippen LogP contribution in [0.2, 0.25) is 0 Å². The monoisotopic (exact) mass is 362 g/mol. The van der Waals surface area contributed by atoms with Gasteiger partial charge < -0.3 is 9.11 Å². The second-order valence-electron chi connectivity index (χ2n) is 1.55. The fraction of sp³-hybridized carbons (Fsp3) is 1.00. The van der Waals surface area contributed by atoms with E-state index in [1.54, 1.807) is 0 Å². The third kappa shape index (κ3) is 104. The van der Waals surface area contributed by atoms with E-state index in [9.17, 15) is 13.0 Å². The molecule has 0 saturated carbocycles. The molecule has 0 spiro atoms. The molecular formula is C3H8Br2O6S2. The molecule has 0 bridgehead atoms. The summed E-state index contributed by atoms with van der Waals surface area (Å²) in [7, 11) is -7.83. The summed E-state index contributed by atoms with van der Waals surface area (Å²) in [4.78, 5) is 0. The van der Waals surface area contributed by atoms with Crippen molar-refractivity contribution in [1.82, 2.24) is 0 Å². The molecule has 0 aromatic rings. The standard InChI is InChI=1S/C2H6O3S.CH4O3S.2Br/c1-2-6(3,4)5;1-5(2,3)4;;/h2H2,1H3,(H,3,4,5);1H3,(H,2,3,4);;/q;;2*+1/p-2. The highest BCUT2D eigenvalue weighted by Gasteiger charge is 1.80. The van der Waals surface area contributed by atoms with Crippen LogP contribution in [0.15, 0.2) is 0 Å². The molecule has 0 saturated heterocycles. The maximum atomic E-state index is 9.44. The van der Waals surface area contributed by atoms with Crippen molar-refractivity contribution >= 4 is 20.2 Å². The van der Waals surface area contributed by atoms with E-state index in [1.165, 1.54) is 6.92 Å². The number of rotatable bonds is 1. The minimum absolute atomic E-state index is 0. The fourth-order valence-corrected chi connectivity index (χ4v) is 0. The van der Waals surface area contributed by atoms with Gasteiger partial charge in [-0.15, -0.1) is 0 Å². The highest BCUT2D eigenvalue weighted by atomic mass is 79.9. The molecule has 0 aliphatic rings. The maximum Gasteiger partial charge on any atom is 1.00 e. The zero-order valence-electron chi connectivity index (χ0n) is 6.73. The maximum absolute atomic E-state index is 9.44. The lowest BCUT2D eigenvalue weighted by Crippen LogP contribution is -1.98. The van der Waals surface area contributed by atoms with Crippen molar-refractivity contribution in [2.45, 2.75) is 6.92 Å². The summed E-state index contributed by atoms with van der Waals surface area (Å²) in [6.45, 7) is 1.31. The zero-order valence-corrected chi connectivity index (χ0v) is 11.5. The third-order valence-electron chi connectivity index (χ3n) is 0.354. The van der Waals surface area contributed by atoms with Crippen molar-refractivity contribution < 1.29 is 59.9 Å². The van der Waals surface area contributed by atoms with Gasteiger partial charge in [-0.25, -0.2) is 16.8 Å². The Labute approximate surface area is 98.8 Å². The molecule has 0 fully saturated rings. The van der Waals surface area contributed by atoms with Crippen LogP contribution in [0.5, 0.6) is 0 Å². The van der Waals surface area contributed by atoms with Gasteiger partial charge in [0.25, 0.3) is 0 Å². The van der Waals surface area contributed by atoms with Gasteiger partial charge in [-0.1, -0.05) is 6.92 Å². The van der Waals surface area contributed by atoms with Gasteiger partial charge in [0, 0.05) is 12.0 Å². The Bertz CT molecular complexity index is 271. The summed E-state index contributed by atoms with van der Waals surface area (Å²) >= 11 is 0. The Balaban J connectivity index is -0.0000000546. The first-order valence-electron chi connectivity index (χ1n) is 2.40. The Morgan fingerprint density at radius 1 is 1.00 bits per heavy atom. The van der Waals surface area contributed by atoms with E-state index in [0.29, 0.717) is 6.26 Å². The van der Waals surface area contributed by atoms with E-state index in [1.807, 2.05) is 0 Å². The summed E-state index contributed by atoms with van der Waals surface area (Å²) in [6.07, 6.45) is 0.604. The van der Waals surface area contributed by atoms with Crippen LogP contribution in [0.1, 0.15) is 6.92 Å². The normalized spacial score (nSPS) is 9.85. The van der Waals surface area contributed by atoms with Gasteiger partial charge in [0.15, 0.2) is 0 Å². The van der Waals surface area contributed by atoms with Gasteiger partial charge in [0.05, 0.1) is 20.2 Å². The van der Waals surface area contributed by atoms with Gasteiger partial charge in [0.1, 0.15) is 0 Å². The largest absolute Gasteiger partial charge is 1.00 e. The SMILES string of the molecule is CCS(=O)(=O)[O-].CS(=O)(=O)[O-].[Br+].[Br+]. The van der Waals surface area contributed by atoms with E-state index < -0.39 is 20.2 Å². The Kier molecular flexibility index (Phi) is 16.9. The minimum Gasteiger partial charge on any atom is -0.748 e. The molecule has 10 heteroatoms. The van der Waals surface area contributed by atoms with Gasteiger partial charge in [0.2, 0.25) is 0 Å². The van der Waals surface area contributed by atoms with E-state index in [-0.39, 0.29) is 39.7 Å². The highest BCUT2D eigenvalue weighted by Crippen LogP contribution is 1.73. The second kappa shape index (κ2) is 9.34. The smallest absolute Gasteiger partial charge is 0.748 e. The van der Waals surface area contributed by atoms with Crippen molar-refractivity contribution in [3.05, 3.63) is 0 Å². The lowest BCUT2D eigenvalue weighted by Gasteiger charge is -1.97. The Morgan fingerprint density at radius 2 is 1.08 bits per heavy atom. The van der Waals surface area contributed by atoms with Crippen molar-refractivity contribution in [1.29, 1.82) is 0 Å². The van der Waals surface area contributed by atoms with E-state index >= 15 is 0 Å². The van der Waals surface area contributed by atoms with Crippen molar-refractivity contribution in [3.8, 4) is 0 Å². The summed E-state index contributed by atoms with van der Waals surface area (Å²) in [6, 6.07) is 0. The van der Waals surface area contributed by atoms with Gasteiger partial charge in [-0.2, -0.15) is 0 Å². The molecule has 0 amide bonds. The first-order chi connectivity index (χ1) is 4.56. The lowest BCUT2D eigenvalue weighted by atomic mass is 11.0. The van der Waals surface area contributed by atoms with E-state index in [2.05, 4.69) is 0 Å². The topological polar surface area (TPSA) is 114 Å². The molecule has 0 heterocycles. The molecule has 6 nitrogen and oxygen atoms in total. The third-order valence-corrected chi connectivity index (χ3v) is 1.06. The molecule has 0 rings (SSSR count). The molecule has 0 aliphatic heterocycles. The molecular weight excluding hydrogens is 356 g/mol. The van der Waals surface area contributed by atoms with Crippen LogP contribution in [0, 0.1) is 34.0 Å². The van der Waals surface area contributed by atoms with Crippen molar-refractivity contribution in [2.75, 3.05) is 12.0 Å². The summed E-state index contributed by atoms with van der Waals surface area (Å²) in [5.74, 6) is -0.312. The molecule has 0 aliphatic carbocycles. The van der Waals surface area contributed by atoms with E-state index in [4.69, 9.17) is 13.0 Å². The molecule has 82 valence electrons. The van der Waals surface area contributed by atoms with Crippen molar-refractivity contribution in [3.63, 3.8) is 0 Å². The van der Waals surface area contributed by atoms with Crippen molar-refractivity contribution in [2.24, 2.45) is 0 Å². The quantitative estimate of drug-likeness (QED) is 0.535. The predicted octanol–water partition coefficient (Wildman–Crippen LogP) is -1.29. The Morgan fingerprint density at radius 3 is 1.08 bits per heavy atom. The molecule has 13 heavy (non-hydrogen) atoms. The highest BCUT2D eigenvalue weighted by molar-refractivity contribution is 7.85. The zero-order chi connectivity index (χ0) is 9.71. The fourth-order valence-electron chi connectivity index (χ4n) is 0. The number of hydrogen-bond donors (Lipinski definition) is 0. The van der Waals surface area contributed by atoms with Crippen LogP contribution in [0.3, 0.4) is 0 Å². The second-order valence-corrected chi connectivity index (χ2v) is 4.65. The molecule has 0 atom stereocenters. The number of hydrogen-bond acceptors (Lipinski definition) is 6. The molecule has 0 aromatic carbocycles. The van der Waals surface area contributed by atoms with Crippen LogP contribution in [-0.2, 0) is 20.2 Å². The summed E-state index contributed by atoms with van der Waals surface area (Å²) in [5, 5.41) is 0. The molecule has 0 unspecified atom stereocenters. The first-order valence-corrected chi connectivity index (χ1v) is 5.80. The van der Waals surface area contributed by atoms with Crippen LogP contribution >= 0.6 is 0 Å². The summed E-state index contributed by atoms with van der Waals surface area (Å²) in [5.41, 5.74) is 0. The molecule has 0 N–H and O–H groups in total. The van der Waals surface area contributed by atoms with Gasteiger partial charge in [-0.05, 0) is 0 Å². The summed E-state index contributed by atoms with van der Waals surface area (Å²) < 4.78 is 55.6. The van der Waals surface area contributed by atoms with Gasteiger partial charge >= 0.3 is 34.0 Å². The van der Waals surface area contributed by atoms with Crippen LogP contribution in [0.25, 0.3) is 0 Å². The van der Waals surface area contributed by atoms with Crippen LogP contribution < -0.4 is 0 Å². The van der Waals surface area contributed by atoms with Gasteiger partial charge in [-0.3, -0.25) is 0 Å². The molecule has 4 radical (unpaired) electrons. The van der Waals surface area contributed by atoms with E-state index in [0.717, 1.165) is 0 Å². The predicted molar refractivity (Wildman–Crippen MR) is 35.9 cm³/mol. The Hall–Kier alpha value is 0.780. The lowest BCUT2D eigenvalue weighted by molar-refractivity contribution is -0.001000. The first kappa shape index (κ1) is 23.5. The molecule has 0 aromatic heterocycles. The van der Waals surface area contributed by atoms with Crippen LogP contribution in [-0.4, -0.2) is 37.9 Å².